The van der Waals surface area contributed by atoms with Gasteiger partial charge in [0.05, 0.1) is 0 Å². The predicted octanol–water partition coefficient (Wildman–Crippen LogP) is 3.84. The van der Waals surface area contributed by atoms with Crippen molar-refractivity contribution in [1.29, 1.82) is 0 Å². The summed E-state index contributed by atoms with van der Waals surface area (Å²) in [5, 5.41) is 15.0. The monoisotopic (exact) mass is 295 g/mol. The van der Waals surface area contributed by atoms with Crippen LogP contribution in [0.1, 0.15) is 43.2 Å². The van der Waals surface area contributed by atoms with Gasteiger partial charge >= 0.3 is 0 Å². The van der Waals surface area contributed by atoms with Gasteiger partial charge in [-0.3, -0.25) is 0 Å². The van der Waals surface area contributed by atoms with Crippen LogP contribution in [0, 0.1) is 0 Å². The molecule has 2 aromatic rings. The third kappa shape index (κ3) is 3.40. The summed E-state index contributed by atoms with van der Waals surface area (Å²) in [6.07, 6.45) is 6.39. The number of rotatable bonds is 5. The molecule has 3 rings (SSSR count). The Balaban J connectivity index is 1.83. The Morgan fingerprint density at radius 2 is 1.32 bits per heavy atom. The van der Waals surface area contributed by atoms with Gasteiger partial charge in [-0.25, -0.2) is 0 Å². The van der Waals surface area contributed by atoms with Crippen LogP contribution in [-0.2, 0) is 5.60 Å². The quantitative estimate of drug-likeness (QED) is 0.878. The van der Waals surface area contributed by atoms with Crippen molar-refractivity contribution in [2.45, 2.75) is 43.7 Å². The van der Waals surface area contributed by atoms with E-state index in [1.54, 1.807) is 0 Å². The van der Waals surface area contributed by atoms with E-state index in [0.29, 0.717) is 12.6 Å². The molecule has 0 aromatic heterocycles. The summed E-state index contributed by atoms with van der Waals surface area (Å²) in [6, 6.07) is 20.5. The van der Waals surface area contributed by atoms with E-state index in [-0.39, 0.29) is 0 Å². The third-order valence-corrected chi connectivity index (χ3v) is 4.75. The Labute approximate surface area is 133 Å². The number of aliphatic hydroxyl groups is 1. The maximum absolute atomic E-state index is 11.4. The summed E-state index contributed by atoms with van der Waals surface area (Å²) >= 11 is 0. The van der Waals surface area contributed by atoms with Gasteiger partial charge in [-0.05, 0) is 24.0 Å². The molecule has 1 aliphatic carbocycles. The number of nitrogens with one attached hydrogen (secondary N) is 1. The largest absolute Gasteiger partial charge is 0.379 e. The van der Waals surface area contributed by atoms with Crippen LogP contribution < -0.4 is 5.32 Å². The van der Waals surface area contributed by atoms with E-state index >= 15 is 0 Å². The second kappa shape index (κ2) is 7.08. The molecule has 0 amide bonds. The maximum Gasteiger partial charge on any atom is 0.127 e. The molecule has 2 nitrogen and oxygen atoms in total. The molecule has 2 N–H and O–H groups in total. The Morgan fingerprint density at radius 3 is 1.82 bits per heavy atom. The highest BCUT2D eigenvalue weighted by Gasteiger charge is 2.32. The van der Waals surface area contributed by atoms with Gasteiger partial charge in [-0.2, -0.15) is 0 Å². The molecule has 0 radical (unpaired) electrons. The van der Waals surface area contributed by atoms with Gasteiger partial charge in [-0.1, -0.05) is 79.9 Å². The number of hydrogen-bond donors (Lipinski definition) is 2. The van der Waals surface area contributed by atoms with E-state index in [0.717, 1.165) is 11.1 Å². The zero-order valence-corrected chi connectivity index (χ0v) is 13.0. The Bertz CT molecular complexity index is 521. The topological polar surface area (TPSA) is 32.3 Å². The van der Waals surface area contributed by atoms with Gasteiger partial charge in [0.1, 0.15) is 5.60 Å². The van der Waals surface area contributed by atoms with Gasteiger partial charge in [0.2, 0.25) is 0 Å². The molecule has 0 spiro atoms. The lowest BCUT2D eigenvalue weighted by molar-refractivity contribution is 0.0746. The molecule has 0 atom stereocenters. The van der Waals surface area contributed by atoms with Crippen molar-refractivity contribution in [1.82, 2.24) is 5.32 Å². The molecule has 2 aromatic carbocycles. The van der Waals surface area contributed by atoms with E-state index in [2.05, 4.69) is 5.32 Å². The Hall–Kier alpha value is -1.64. The van der Waals surface area contributed by atoms with E-state index < -0.39 is 5.60 Å². The van der Waals surface area contributed by atoms with Crippen molar-refractivity contribution in [2.75, 3.05) is 6.54 Å². The van der Waals surface area contributed by atoms with Gasteiger partial charge < -0.3 is 10.4 Å². The normalized spacial score (nSPS) is 16.6. The first-order valence-corrected chi connectivity index (χ1v) is 8.36. The van der Waals surface area contributed by atoms with Crippen LogP contribution >= 0.6 is 0 Å². The van der Waals surface area contributed by atoms with Crippen LogP contribution in [-0.4, -0.2) is 17.7 Å². The third-order valence-electron chi connectivity index (χ3n) is 4.75. The number of benzene rings is 2. The van der Waals surface area contributed by atoms with Crippen molar-refractivity contribution in [3.63, 3.8) is 0 Å². The van der Waals surface area contributed by atoms with Crippen LogP contribution in [0.2, 0.25) is 0 Å². The average Bonchev–Trinajstić information content (AvgIpc) is 2.62. The molecule has 0 heterocycles. The van der Waals surface area contributed by atoms with Gasteiger partial charge in [0.15, 0.2) is 0 Å². The van der Waals surface area contributed by atoms with Gasteiger partial charge in [0, 0.05) is 12.6 Å². The Morgan fingerprint density at radius 1 is 0.818 bits per heavy atom. The fourth-order valence-electron chi connectivity index (χ4n) is 3.40. The maximum atomic E-state index is 11.4. The first-order chi connectivity index (χ1) is 10.8. The molecule has 1 saturated carbocycles. The second-order valence-corrected chi connectivity index (χ2v) is 6.31. The molecule has 2 heteroatoms. The second-order valence-electron chi connectivity index (χ2n) is 6.31. The SMILES string of the molecule is OC(CNC1CCCCC1)(c1ccccc1)c1ccccc1. The van der Waals surface area contributed by atoms with Crippen LogP contribution in [0.25, 0.3) is 0 Å². The van der Waals surface area contributed by atoms with Crippen LogP contribution in [0.5, 0.6) is 0 Å². The van der Waals surface area contributed by atoms with E-state index in [1.807, 2.05) is 60.7 Å². The van der Waals surface area contributed by atoms with Crippen molar-refractivity contribution in [3.8, 4) is 0 Å². The highest BCUT2D eigenvalue weighted by Crippen LogP contribution is 2.29. The highest BCUT2D eigenvalue weighted by atomic mass is 16.3. The fraction of sp³-hybridized carbons (Fsp3) is 0.400. The average molecular weight is 295 g/mol. The molecule has 1 fully saturated rings. The summed E-state index contributed by atoms with van der Waals surface area (Å²) in [7, 11) is 0. The molecule has 0 bridgehead atoms. The summed E-state index contributed by atoms with van der Waals surface area (Å²) in [6.45, 7) is 0.561. The predicted molar refractivity (Wildman–Crippen MR) is 90.8 cm³/mol. The lowest BCUT2D eigenvalue weighted by Crippen LogP contribution is -2.44. The summed E-state index contributed by atoms with van der Waals surface area (Å²) in [5.74, 6) is 0. The lowest BCUT2D eigenvalue weighted by atomic mass is 9.85. The Kier molecular flexibility index (Phi) is 4.91. The van der Waals surface area contributed by atoms with Crippen molar-refractivity contribution >= 4 is 0 Å². The van der Waals surface area contributed by atoms with E-state index in [4.69, 9.17) is 0 Å². The minimum atomic E-state index is -0.972. The van der Waals surface area contributed by atoms with Gasteiger partial charge in [0.25, 0.3) is 0 Å². The number of hydrogen-bond acceptors (Lipinski definition) is 2. The van der Waals surface area contributed by atoms with Crippen molar-refractivity contribution in [3.05, 3.63) is 71.8 Å². The van der Waals surface area contributed by atoms with Crippen molar-refractivity contribution in [2.24, 2.45) is 0 Å². The van der Waals surface area contributed by atoms with Gasteiger partial charge in [-0.15, -0.1) is 0 Å². The molecule has 116 valence electrons. The summed E-state index contributed by atoms with van der Waals surface area (Å²) < 4.78 is 0. The first kappa shape index (κ1) is 15.3. The molecule has 22 heavy (non-hydrogen) atoms. The van der Waals surface area contributed by atoms with Crippen LogP contribution in [0.4, 0.5) is 0 Å². The van der Waals surface area contributed by atoms with E-state index in [1.165, 1.54) is 32.1 Å². The highest BCUT2D eigenvalue weighted by molar-refractivity contribution is 5.36. The first-order valence-electron chi connectivity index (χ1n) is 8.36. The fourth-order valence-corrected chi connectivity index (χ4v) is 3.40. The zero-order chi connectivity index (χ0) is 15.3. The van der Waals surface area contributed by atoms with Crippen LogP contribution in [0.3, 0.4) is 0 Å². The lowest BCUT2D eigenvalue weighted by Gasteiger charge is -2.33. The summed E-state index contributed by atoms with van der Waals surface area (Å²) in [5.41, 5.74) is 0.925. The molecular formula is C20H25NO. The molecule has 0 aliphatic heterocycles. The van der Waals surface area contributed by atoms with Crippen molar-refractivity contribution < 1.29 is 5.11 Å². The molecule has 0 unspecified atom stereocenters. The van der Waals surface area contributed by atoms with Crippen LogP contribution in [0.15, 0.2) is 60.7 Å². The molecule has 0 saturated heterocycles. The smallest absolute Gasteiger partial charge is 0.127 e. The zero-order valence-electron chi connectivity index (χ0n) is 13.0. The summed E-state index contributed by atoms with van der Waals surface area (Å²) in [4.78, 5) is 0. The van der Waals surface area contributed by atoms with E-state index in [9.17, 15) is 5.11 Å². The minimum Gasteiger partial charge on any atom is -0.379 e. The minimum absolute atomic E-state index is 0.535. The molecule has 1 aliphatic rings. The molecular weight excluding hydrogens is 270 g/mol. The standard InChI is InChI=1S/C20H25NO/c22-20(17-10-4-1-5-11-17,18-12-6-2-7-13-18)16-21-19-14-8-3-9-15-19/h1-2,4-7,10-13,19,21-22H,3,8-9,14-16H2.